The Balaban J connectivity index is 1.59. The number of carbonyl (C=O) groups is 2. The SMILES string of the molecule is C[C@H](NC(=O)C[C@@H]1c2ncccc2C(=O)N1c1ccc(Cl)cc1)c1ccccc1. The van der Waals surface area contributed by atoms with Gasteiger partial charge in [0.2, 0.25) is 5.91 Å². The molecule has 6 heteroatoms. The lowest BCUT2D eigenvalue weighted by atomic mass is 10.1. The van der Waals surface area contributed by atoms with Crippen LogP contribution in [0.2, 0.25) is 5.02 Å². The summed E-state index contributed by atoms with van der Waals surface area (Å²) in [5.74, 6) is -0.305. The average molecular weight is 406 g/mol. The van der Waals surface area contributed by atoms with E-state index in [4.69, 9.17) is 11.6 Å². The zero-order valence-electron chi connectivity index (χ0n) is 15.9. The number of benzene rings is 2. The number of amides is 2. The molecule has 1 aromatic heterocycles. The van der Waals surface area contributed by atoms with Gasteiger partial charge in [-0.2, -0.15) is 0 Å². The molecule has 1 N–H and O–H groups in total. The molecule has 0 saturated heterocycles. The molecule has 146 valence electrons. The number of halogens is 1. The number of anilines is 1. The third kappa shape index (κ3) is 3.87. The molecule has 0 aliphatic carbocycles. The smallest absolute Gasteiger partial charge is 0.260 e. The van der Waals surface area contributed by atoms with E-state index in [9.17, 15) is 9.59 Å². The van der Waals surface area contributed by atoms with Gasteiger partial charge in [0.15, 0.2) is 0 Å². The maximum absolute atomic E-state index is 13.0. The molecule has 0 unspecified atom stereocenters. The van der Waals surface area contributed by atoms with Crippen molar-refractivity contribution < 1.29 is 9.59 Å². The largest absolute Gasteiger partial charge is 0.350 e. The highest BCUT2D eigenvalue weighted by Gasteiger charge is 2.40. The van der Waals surface area contributed by atoms with Crippen molar-refractivity contribution >= 4 is 29.1 Å². The number of fused-ring (bicyclic) bond motifs is 1. The summed E-state index contributed by atoms with van der Waals surface area (Å²) >= 11 is 6.00. The number of pyridine rings is 1. The van der Waals surface area contributed by atoms with E-state index in [1.165, 1.54) is 0 Å². The first-order valence-corrected chi connectivity index (χ1v) is 9.80. The third-order valence-electron chi connectivity index (χ3n) is 5.08. The quantitative estimate of drug-likeness (QED) is 0.669. The lowest BCUT2D eigenvalue weighted by Gasteiger charge is -2.25. The second-order valence-electron chi connectivity index (χ2n) is 7.01. The third-order valence-corrected chi connectivity index (χ3v) is 5.33. The average Bonchev–Trinajstić information content (AvgIpc) is 3.01. The first kappa shape index (κ1) is 19.2. The Bertz CT molecular complexity index is 1040. The van der Waals surface area contributed by atoms with E-state index in [1.54, 1.807) is 47.5 Å². The van der Waals surface area contributed by atoms with E-state index in [1.807, 2.05) is 37.3 Å². The van der Waals surface area contributed by atoms with Crippen LogP contribution in [0.3, 0.4) is 0 Å². The molecule has 0 spiro atoms. The predicted molar refractivity (Wildman–Crippen MR) is 113 cm³/mol. The van der Waals surface area contributed by atoms with Crippen molar-refractivity contribution in [1.29, 1.82) is 0 Å². The van der Waals surface area contributed by atoms with Crippen LogP contribution in [0.25, 0.3) is 0 Å². The maximum Gasteiger partial charge on any atom is 0.260 e. The Morgan fingerprint density at radius 1 is 1.10 bits per heavy atom. The molecule has 2 aromatic carbocycles. The molecule has 4 rings (SSSR count). The number of carbonyl (C=O) groups excluding carboxylic acids is 2. The Labute approximate surface area is 174 Å². The topological polar surface area (TPSA) is 62.3 Å². The van der Waals surface area contributed by atoms with Gasteiger partial charge in [-0.25, -0.2) is 0 Å². The van der Waals surface area contributed by atoms with Gasteiger partial charge in [0, 0.05) is 16.9 Å². The van der Waals surface area contributed by atoms with Gasteiger partial charge in [0.05, 0.1) is 29.8 Å². The normalized spacial score (nSPS) is 16.4. The monoisotopic (exact) mass is 405 g/mol. The lowest BCUT2D eigenvalue weighted by molar-refractivity contribution is -0.122. The zero-order chi connectivity index (χ0) is 20.4. The second-order valence-corrected chi connectivity index (χ2v) is 7.44. The molecular weight excluding hydrogens is 386 g/mol. The van der Waals surface area contributed by atoms with Crippen LogP contribution >= 0.6 is 11.6 Å². The van der Waals surface area contributed by atoms with Crippen LogP contribution in [0.15, 0.2) is 72.9 Å². The number of aromatic nitrogens is 1. The van der Waals surface area contributed by atoms with Crippen molar-refractivity contribution in [2.45, 2.75) is 25.4 Å². The molecule has 0 fully saturated rings. The van der Waals surface area contributed by atoms with Gasteiger partial charge in [-0.1, -0.05) is 41.9 Å². The summed E-state index contributed by atoms with van der Waals surface area (Å²) in [5, 5.41) is 3.61. The molecule has 1 aliphatic heterocycles. The van der Waals surface area contributed by atoms with Crippen LogP contribution in [-0.2, 0) is 4.79 Å². The van der Waals surface area contributed by atoms with E-state index in [2.05, 4.69) is 10.3 Å². The van der Waals surface area contributed by atoms with Gasteiger partial charge in [0.1, 0.15) is 0 Å². The highest BCUT2D eigenvalue weighted by Crippen LogP contribution is 2.38. The second kappa shape index (κ2) is 8.05. The summed E-state index contributed by atoms with van der Waals surface area (Å²) < 4.78 is 0. The molecule has 3 aromatic rings. The molecular formula is C23H20ClN3O2. The predicted octanol–water partition coefficient (Wildman–Crippen LogP) is 4.70. The molecule has 29 heavy (non-hydrogen) atoms. The molecule has 0 radical (unpaired) electrons. The van der Waals surface area contributed by atoms with E-state index in [0.29, 0.717) is 22.0 Å². The molecule has 0 saturated carbocycles. The summed E-state index contributed by atoms with van der Waals surface area (Å²) in [6.07, 6.45) is 1.77. The van der Waals surface area contributed by atoms with E-state index < -0.39 is 6.04 Å². The first-order chi connectivity index (χ1) is 14.0. The van der Waals surface area contributed by atoms with Gasteiger partial charge >= 0.3 is 0 Å². The zero-order valence-corrected chi connectivity index (χ0v) is 16.6. The molecule has 0 bridgehead atoms. The highest BCUT2D eigenvalue weighted by atomic mass is 35.5. The number of hydrogen-bond donors (Lipinski definition) is 1. The Morgan fingerprint density at radius 2 is 1.83 bits per heavy atom. The van der Waals surface area contributed by atoms with Crippen molar-refractivity contribution in [2.75, 3.05) is 4.90 Å². The standard InChI is InChI=1S/C23H20ClN3O2/c1-15(16-6-3-2-4-7-16)26-21(28)14-20-22-19(8-5-13-25-22)23(29)27(20)18-11-9-17(24)10-12-18/h2-13,15,20H,14H2,1H3,(H,26,28)/t15-,20+/m0/s1. The Hall–Kier alpha value is -3.18. The van der Waals surface area contributed by atoms with Crippen LogP contribution < -0.4 is 10.2 Å². The van der Waals surface area contributed by atoms with E-state index in [0.717, 1.165) is 5.56 Å². The summed E-state index contributed by atoms with van der Waals surface area (Å²) in [7, 11) is 0. The van der Waals surface area contributed by atoms with Crippen LogP contribution in [0.4, 0.5) is 5.69 Å². The summed E-state index contributed by atoms with van der Waals surface area (Å²) in [6, 6.07) is 19.7. The number of hydrogen-bond acceptors (Lipinski definition) is 3. The lowest BCUT2D eigenvalue weighted by Crippen LogP contribution is -2.34. The van der Waals surface area contributed by atoms with Crippen molar-refractivity contribution in [2.24, 2.45) is 0 Å². The molecule has 1 aliphatic rings. The minimum Gasteiger partial charge on any atom is -0.350 e. The highest BCUT2D eigenvalue weighted by molar-refractivity contribution is 6.30. The fourth-order valence-electron chi connectivity index (χ4n) is 3.65. The maximum atomic E-state index is 13.0. The number of rotatable bonds is 5. The van der Waals surface area contributed by atoms with Crippen LogP contribution in [0, 0.1) is 0 Å². The van der Waals surface area contributed by atoms with Gasteiger partial charge in [-0.05, 0) is 48.9 Å². The van der Waals surface area contributed by atoms with Crippen LogP contribution in [-0.4, -0.2) is 16.8 Å². The fraction of sp³-hybridized carbons (Fsp3) is 0.174. The Kier molecular flexibility index (Phi) is 5.32. The molecule has 2 heterocycles. The Morgan fingerprint density at radius 3 is 2.55 bits per heavy atom. The van der Waals surface area contributed by atoms with E-state index >= 15 is 0 Å². The van der Waals surface area contributed by atoms with Crippen molar-refractivity contribution in [3.8, 4) is 0 Å². The van der Waals surface area contributed by atoms with Crippen molar-refractivity contribution in [3.63, 3.8) is 0 Å². The van der Waals surface area contributed by atoms with Crippen LogP contribution in [0.5, 0.6) is 0 Å². The van der Waals surface area contributed by atoms with Gasteiger partial charge in [-0.3, -0.25) is 19.5 Å². The van der Waals surface area contributed by atoms with E-state index in [-0.39, 0.29) is 24.3 Å². The minimum absolute atomic E-state index is 0.121. The van der Waals surface area contributed by atoms with Crippen molar-refractivity contribution in [1.82, 2.24) is 10.3 Å². The first-order valence-electron chi connectivity index (χ1n) is 9.43. The minimum atomic E-state index is -0.470. The number of nitrogens with zero attached hydrogens (tertiary/aromatic N) is 2. The van der Waals surface area contributed by atoms with Crippen LogP contribution in [0.1, 0.15) is 47.0 Å². The summed E-state index contributed by atoms with van der Waals surface area (Å²) in [6.45, 7) is 1.94. The van der Waals surface area contributed by atoms with Gasteiger partial charge < -0.3 is 5.32 Å². The van der Waals surface area contributed by atoms with Gasteiger partial charge in [-0.15, -0.1) is 0 Å². The summed E-state index contributed by atoms with van der Waals surface area (Å²) in [5.41, 5.74) is 2.86. The molecule has 2 amide bonds. The molecule has 2 atom stereocenters. The molecule has 5 nitrogen and oxygen atoms in total. The van der Waals surface area contributed by atoms with Gasteiger partial charge in [0.25, 0.3) is 5.91 Å². The summed E-state index contributed by atoms with van der Waals surface area (Å²) in [4.78, 5) is 31.9. The fourth-order valence-corrected chi connectivity index (χ4v) is 3.77. The van der Waals surface area contributed by atoms with Crippen molar-refractivity contribution in [3.05, 3.63) is 94.8 Å². The number of nitrogens with one attached hydrogen (secondary N) is 1.